The molecule has 16 heavy (non-hydrogen) atoms. The zero-order valence-corrected chi connectivity index (χ0v) is 11.1. The molecule has 0 aliphatic rings. The van der Waals surface area contributed by atoms with Crippen molar-refractivity contribution < 1.29 is 14.3 Å². The van der Waals surface area contributed by atoms with Crippen molar-refractivity contribution in [1.29, 1.82) is 0 Å². The molecule has 0 amide bonds. The molecular formula is C11H9BrO3S. The molecule has 0 bridgehead atoms. The van der Waals surface area contributed by atoms with Crippen LogP contribution in [-0.4, -0.2) is 20.2 Å². The average molecular weight is 301 g/mol. The second kappa shape index (κ2) is 4.43. The number of carbonyl (C=O) groups is 1. The number of methoxy groups -OCH3 is 2. The van der Waals surface area contributed by atoms with Crippen LogP contribution in [0.5, 0.6) is 5.75 Å². The maximum Gasteiger partial charge on any atom is 0.351 e. The summed E-state index contributed by atoms with van der Waals surface area (Å²) >= 11 is 4.76. The van der Waals surface area contributed by atoms with Crippen molar-refractivity contribution in [2.45, 2.75) is 0 Å². The Bertz CT molecular complexity index is 547. The first-order valence-corrected chi connectivity index (χ1v) is 6.12. The zero-order valence-electron chi connectivity index (χ0n) is 8.74. The predicted octanol–water partition coefficient (Wildman–Crippen LogP) is 3.46. The fraction of sp³-hybridized carbons (Fsp3) is 0.182. The van der Waals surface area contributed by atoms with Gasteiger partial charge in [-0.05, 0) is 18.2 Å². The van der Waals surface area contributed by atoms with Gasteiger partial charge in [-0.3, -0.25) is 0 Å². The molecule has 0 radical (unpaired) electrons. The number of hydrogen-bond acceptors (Lipinski definition) is 4. The Morgan fingerprint density at radius 2 is 2.12 bits per heavy atom. The van der Waals surface area contributed by atoms with E-state index < -0.39 is 0 Å². The summed E-state index contributed by atoms with van der Waals surface area (Å²) in [5, 5.41) is 0.919. The summed E-state index contributed by atoms with van der Waals surface area (Å²) < 4.78 is 11.9. The Labute approximate surface area is 105 Å². The largest absolute Gasteiger partial charge is 0.494 e. The highest BCUT2D eigenvalue weighted by Crippen LogP contribution is 2.39. The average Bonchev–Trinajstić information content (AvgIpc) is 2.65. The van der Waals surface area contributed by atoms with E-state index in [4.69, 9.17) is 9.47 Å². The summed E-state index contributed by atoms with van der Waals surface area (Å²) in [5.74, 6) is 0.210. The van der Waals surface area contributed by atoms with Gasteiger partial charge < -0.3 is 9.47 Å². The van der Waals surface area contributed by atoms with Gasteiger partial charge in [-0.25, -0.2) is 4.79 Å². The van der Waals surface area contributed by atoms with Crippen LogP contribution in [0.15, 0.2) is 22.7 Å². The van der Waals surface area contributed by atoms with E-state index in [2.05, 4.69) is 15.9 Å². The quantitative estimate of drug-likeness (QED) is 0.797. The molecule has 0 fully saturated rings. The lowest BCUT2D eigenvalue weighted by Gasteiger charge is -2.01. The minimum Gasteiger partial charge on any atom is -0.494 e. The third kappa shape index (κ3) is 1.81. The lowest BCUT2D eigenvalue weighted by molar-refractivity contribution is 0.0603. The van der Waals surface area contributed by atoms with Gasteiger partial charge in [0.2, 0.25) is 0 Å². The maximum atomic E-state index is 11.5. The molecule has 0 N–H and O–H groups in total. The van der Waals surface area contributed by atoms with Crippen molar-refractivity contribution in [2.75, 3.05) is 14.2 Å². The summed E-state index contributed by atoms with van der Waals surface area (Å²) in [4.78, 5) is 12.0. The first kappa shape index (κ1) is 11.4. The molecule has 0 unspecified atom stereocenters. The van der Waals surface area contributed by atoms with E-state index >= 15 is 0 Å². The van der Waals surface area contributed by atoms with Crippen LogP contribution >= 0.6 is 27.3 Å². The van der Waals surface area contributed by atoms with Crippen LogP contribution in [0.3, 0.4) is 0 Å². The maximum absolute atomic E-state index is 11.5. The van der Waals surface area contributed by atoms with Gasteiger partial charge in [-0.2, -0.15) is 0 Å². The molecule has 5 heteroatoms. The van der Waals surface area contributed by atoms with Crippen LogP contribution in [0.2, 0.25) is 0 Å². The Kier molecular flexibility index (Phi) is 3.16. The summed E-state index contributed by atoms with van der Waals surface area (Å²) in [5.41, 5.74) is 0. The molecule has 0 aliphatic heterocycles. The Hall–Kier alpha value is -1.07. The number of thiophene rings is 1. The number of ether oxygens (including phenoxy) is 2. The van der Waals surface area contributed by atoms with Gasteiger partial charge in [0.15, 0.2) is 10.6 Å². The van der Waals surface area contributed by atoms with E-state index in [9.17, 15) is 4.79 Å². The van der Waals surface area contributed by atoms with Gasteiger partial charge in [0, 0.05) is 14.6 Å². The minimum absolute atomic E-state index is 0.367. The van der Waals surface area contributed by atoms with E-state index in [0.717, 1.165) is 14.6 Å². The lowest BCUT2D eigenvalue weighted by Crippen LogP contribution is -2.00. The summed E-state index contributed by atoms with van der Waals surface area (Å²) in [6, 6.07) is 5.80. The third-order valence-corrected chi connectivity index (χ3v) is 3.80. The lowest BCUT2D eigenvalue weighted by atomic mass is 10.2. The SMILES string of the molecule is COC(=O)c1sc2ccc(Br)cc2c1OC. The normalized spacial score (nSPS) is 10.4. The Morgan fingerprint density at radius 3 is 2.75 bits per heavy atom. The van der Waals surface area contributed by atoms with Crippen molar-refractivity contribution in [1.82, 2.24) is 0 Å². The van der Waals surface area contributed by atoms with Crippen molar-refractivity contribution in [3.8, 4) is 5.75 Å². The van der Waals surface area contributed by atoms with E-state index in [-0.39, 0.29) is 5.97 Å². The molecule has 1 aromatic heterocycles. The van der Waals surface area contributed by atoms with Crippen LogP contribution < -0.4 is 4.74 Å². The first-order chi connectivity index (χ1) is 7.67. The topological polar surface area (TPSA) is 35.5 Å². The zero-order chi connectivity index (χ0) is 11.7. The molecule has 0 aliphatic carbocycles. The number of benzene rings is 1. The molecule has 1 aromatic carbocycles. The number of hydrogen-bond donors (Lipinski definition) is 0. The van der Waals surface area contributed by atoms with Crippen LogP contribution in [0.25, 0.3) is 10.1 Å². The molecule has 0 saturated heterocycles. The number of carbonyl (C=O) groups excluding carboxylic acids is 1. The van der Waals surface area contributed by atoms with Crippen molar-refractivity contribution in [3.63, 3.8) is 0 Å². The second-order valence-electron chi connectivity index (χ2n) is 3.10. The standard InChI is InChI=1S/C11H9BrO3S/c1-14-9-7-5-6(12)3-4-8(7)16-10(9)11(13)15-2/h3-5H,1-2H3. The number of halogens is 1. The summed E-state index contributed by atoms with van der Waals surface area (Å²) in [6.45, 7) is 0. The fourth-order valence-corrected chi connectivity index (χ4v) is 2.91. The molecule has 2 rings (SSSR count). The fourth-order valence-electron chi connectivity index (χ4n) is 1.48. The number of rotatable bonds is 2. The molecule has 3 nitrogen and oxygen atoms in total. The smallest absolute Gasteiger partial charge is 0.351 e. The monoisotopic (exact) mass is 300 g/mol. The highest BCUT2D eigenvalue weighted by molar-refractivity contribution is 9.10. The van der Waals surface area contributed by atoms with Gasteiger partial charge in [0.25, 0.3) is 0 Å². The molecule has 0 spiro atoms. The highest BCUT2D eigenvalue weighted by Gasteiger charge is 2.19. The van der Waals surface area contributed by atoms with E-state index in [1.54, 1.807) is 7.11 Å². The van der Waals surface area contributed by atoms with Gasteiger partial charge in [-0.15, -0.1) is 11.3 Å². The van der Waals surface area contributed by atoms with E-state index in [1.807, 2.05) is 18.2 Å². The van der Waals surface area contributed by atoms with Crippen LogP contribution in [0.1, 0.15) is 9.67 Å². The summed E-state index contributed by atoms with van der Waals surface area (Å²) in [7, 11) is 2.91. The van der Waals surface area contributed by atoms with Gasteiger partial charge in [0.1, 0.15) is 0 Å². The molecule has 84 valence electrons. The van der Waals surface area contributed by atoms with Crippen LogP contribution in [0.4, 0.5) is 0 Å². The highest BCUT2D eigenvalue weighted by atomic mass is 79.9. The van der Waals surface area contributed by atoms with Crippen molar-refractivity contribution >= 4 is 43.3 Å². The molecular weight excluding hydrogens is 292 g/mol. The number of esters is 1. The minimum atomic E-state index is -0.367. The number of fused-ring (bicyclic) bond motifs is 1. The van der Waals surface area contributed by atoms with Crippen molar-refractivity contribution in [3.05, 3.63) is 27.5 Å². The van der Waals surface area contributed by atoms with Crippen LogP contribution in [0, 0.1) is 0 Å². The molecule has 0 saturated carbocycles. The Morgan fingerprint density at radius 1 is 1.38 bits per heavy atom. The molecule has 1 heterocycles. The van der Waals surface area contributed by atoms with Gasteiger partial charge >= 0.3 is 5.97 Å². The Balaban J connectivity index is 2.71. The van der Waals surface area contributed by atoms with Crippen LogP contribution in [-0.2, 0) is 4.74 Å². The van der Waals surface area contributed by atoms with Crippen molar-refractivity contribution in [2.24, 2.45) is 0 Å². The third-order valence-electron chi connectivity index (χ3n) is 2.18. The van der Waals surface area contributed by atoms with E-state index in [1.165, 1.54) is 18.4 Å². The molecule has 0 atom stereocenters. The second-order valence-corrected chi connectivity index (χ2v) is 5.06. The first-order valence-electron chi connectivity index (χ1n) is 4.51. The predicted molar refractivity (Wildman–Crippen MR) is 67.4 cm³/mol. The van der Waals surface area contributed by atoms with Gasteiger partial charge in [0.05, 0.1) is 14.2 Å². The van der Waals surface area contributed by atoms with E-state index in [0.29, 0.717) is 10.6 Å². The molecule has 2 aromatic rings. The summed E-state index contributed by atoms with van der Waals surface area (Å²) in [6.07, 6.45) is 0. The van der Waals surface area contributed by atoms with Gasteiger partial charge in [-0.1, -0.05) is 15.9 Å².